The van der Waals surface area contributed by atoms with Crippen LogP contribution in [-0.2, 0) is 0 Å². The molecule has 0 aliphatic heterocycles. The van der Waals surface area contributed by atoms with Crippen molar-refractivity contribution in [3.63, 3.8) is 0 Å². The van der Waals surface area contributed by atoms with E-state index < -0.39 is 0 Å². The minimum absolute atomic E-state index is 0.526. The van der Waals surface area contributed by atoms with E-state index >= 15 is 0 Å². The predicted molar refractivity (Wildman–Crippen MR) is 83.4 cm³/mol. The molecule has 20 heavy (non-hydrogen) atoms. The fraction of sp³-hybridized carbons (Fsp3) is 0.529. The van der Waals surface area contributed by atoms with E-state index in [1.807, 2.05) is 18.2 Å². The van der Waals surface area contributed by atoms with Crippen LogP contribution in [0.3, 0.4) is 0 Å². The van der Waals surface area contributed by atoms with E-state index in [4.69, 9.17) is 9.47 Å². The van der Waals surface area contributed by atoms with Crippen LogP contribution in [0.2, 0.25) is 0 Å². The summed E-state index contributed by atoms with van der Waals surface area (Å²) in [4.78, 5) is 0. The first-order chi connectivity index (χ1) is 9.62. The normalized spacial score (nSPS) is 15.6. The van der Waals surface area contributed by atoms with Crippen LogP contribution in [0.15, 0.2) is 23.8 Å². The van der Waals surface area contributed by atoms with Crippen molar-refractivity contribution in [3.05, 3.63) is 29.3 Å². The topological polar surface area (TPSA) is 30.5 Å². The van der Waals surface area contributed by atoms with Crippen molar-refractivity contribution < 1.29 is 9.47 Å². The van der Waals surface area contributed by atoms with E-state index in [9.17, 15) is 0 Å². The number of nitrogens with one attached hydrogen (secondary N) is 1. The Hall–Kier alpha value is -1.48. The molecule has 110 valence electrons. The van der Waals surface area contributed by atoms with Crippen LogP contribution in [-0.4, -0.2) is 26.8 Å². The van der Waals surface area contributed by atoms with Crippen LogP contribution >= 0.6 is 0 Å². The summed E-state index contributed by atoms with van der Waals surface area (Å²) in [7, 11) is 3.36. The standard InChI is InChI=1S/C17H25NO2/c1-12(2)14(11-18-15-5-6-15)7-13-8-16(19-3)10-17(9-13)20-4/h7-10,12,15,18H,5-6,11H2,1-4H3. The van der Waals surface area contributed by atoms with Gasteiger partial charge in [-0.15, -0.1) is 0 Å². The lowest BCUT2D eigenvalue weighted by Gasteiger charge is -2.13. The Bertz CT molecular complexity index is 454. The zero-order valence-corrected chi connectivity index (χ0v) is 12.9. The maximum atomic E-state index is 5.32. The number of hydrogen-bond donors (Lipinski definition) is 1. The first-order valence-corrected chi connectivity index (χ1v) is 7.29. The van der Waals surface area contributed by atoms with Gasteiger partial charge in [0.2, 0.25) is 0 Å². The third-order valence-corrected chi connectivity index (χ3v) is 3.64. The summed E-state index contributed by atoms with van der Waals surface area (Å²) >= 11 is 0. The highest BCUT2D eigenvalue weighted by Crippen LogP contribution is 2.26. The van der Waals surface area contributed by atoms with Crippen molar-refractivity contribution in [2.24, 2.45) is 5.92 Å². The van der Waals surface area contributed by atoms with E-state index in [0.29, 0.717) is 5.92 Å². The molecule has 0 saturated heterocycles. The second-order valence-electron chi connectivity index (χ2n) is 5.68. The third-order valence-electron chi connectivity index (χ3n) is 3.64. The number of benzene rings is 1. The minimum Gasteiger partial charge on any atom is -0.497 e. The highest BCUT2D eigenvalue weighted by Gasteiger charge is 2.20. The first kappa shape index (κ1) is 14.9. The van der Waals surface area contributed by atoms with Crippen molar-refractivity contribution in [1.82, 2.24) is 5.32 Å². The number of rotatable bonds is 7. The summed E-state index contributed by atoms with van der Waals surface area (Å²) in [5, 5.41) is 3.58. The van der Waals surface area contributed by atoms with Gasteiger partial charge in [-0.25, -0.2) is 0 Å². The molecule has 0 heterocycles. The van der Waals surface area contributed by atoms with Crippen LogP contribution < -0.4 is 14.8 Å². The largest absolute Gasteiger partial charge is 0.497 e. The van der Waals surface area contributed by atoms with Crippen LogP contribution in [0.1, 0.15) is 32.3 Å². The Morgan fingerprint density at radius 3 is 2.25 bits per heavy atom. The molecular weight excluding hydrogens is 250 g/mol. The predicted octanol–water partition coefficient (Wildman–Crippen LogP) is 3.50. The van der Waals surface area contributed by atoms with Gasteiger partial charge >= 0.3 is 0 Å². The molecule has 3 heteroatoms. The molecule has 0 amide bonds. The lowest BCUT2D eigenvalue weighted by molar-refractivity contribution is 0.394. The second kappa shape index (κ2) is 6.80. The van der Waals surface area contributed by atoms with Gasteiger partial charge in [0.15, 0.2) is 0 Å². The van der Waals surface area contributed by atoms with Crippen molar-refractivity contribution in [3.8, 4) is 11.5 Å². The summed E-state index contributed by atoms with van der Waals surface area (Å²) < 4.78 is 10.6. The molecule has 1 aromatic carbocycles. The zero-order chi connectivity index (χ0) is 14.5. The fourth-order valence-electron chi connectivity index (χ4n) is 2.10. The number of ether oxygens (including phenoxy) is 2. The van der Waals surface area contributed by atoms with Gasteiger partial charge in [-0.2, -0.15) is 0 Å². The van der Waals surface area contributed by atoms with Crippen molar-refractivity contribution >= 4 is 6.08 Å². The molecule has 0 bridgehead atoms. The van der Waals surface area contributed by atoms with Gasteiger partial charge in [-0.1, -0.05) is 25.5 Å². The molecule has 0 radical (unpaired) electrons. The molecule has 0 aromatic heterocycles. The van der Waals surface area contributed by atoms with Gasteiger partial charge in [0.1, 0.15) is 11.5 Å². The molecular formula is C17H25NO2. The van der Waals surface area contributed by atoms with E-state index in [2.05, 4.69) is 25.2 Å². The maximum Gasteiger partial charge on any atom is 0.123 e. The minimum atomic E-state index is 0.526. The molecule has 0 spiro atoms. The van der Waals surface area contributed by atoms with Gasteiger partial charge < -0.3 is 14.8 Å². The summed E-state index contributed by atoms with van der Waals surface area (Å²) in [5.74, 6) is 2.18. The Kier molecular flexibility index (Phi) is 5.07. The quantitative estimate of drug-likeness (QED) is 0.826. The number of hydrogen-bond acceptors (Lipinski definition) is 3. The summed E-state index contributed by atoms with van der Waals surface area (Å²) in [6.45, 7) is 5.43. The molecule has 0 atom stereocenters. The van der Waals surface area contributed by atoms with Gasteiger partial charge in [-0.3, -0.25) is 0 Å². The highest BCUT2D eigenvalue weighted by atomic mass is 16.5. The SMILES string of the molecule is COc1cc(C=C(CNC2CC2)C(C)C)cc(OC)c1. The first-order valence-electron chi connectivity index (χ1n) is 7.29. The van der Waals surface area contributed by atoms with Crippen molar-refractivity contribution in [1.29, 1.82) is 0 Å². The van der Waals surface area contributed by atoms with E-state index in [1.165, 1.54) is 18.4 Å². The molecule has 1 aliphatic carbocycles. The van der Waals surface area contributed by atoms with Crippen LogP contribution in [0.4, 0.5) is 0 Å². The molecule has 1 aliphatic rings. The van der Waals surface area contributed by atoms with Gasteiger partial charge in [0.05, 0.1) is 14.2 Å². The second-order valence-corrected chi connectivity index (χ2v) is 5.68. The lowest BCUT2D eigenvalue weighted by Crippen LogP contribution is -2.21. The average Bonchev–Trinajstić information content (AvgIpc) is 3.26. The maximum absolute atomic E-state index is 5.32. The third kappa shape index (κ3) is 4.27. The molecule has 1 N–H and O–H groups in total. The molecule has 1 fully saturated rings. The lowest BCUT2D eigenvalue weighted by atomic mass is 10.00. The van der Waals surface area contributed by atoms with Gasteiger partial charge in [-0.05, 0) is 36.5 Å². The zero-order valence-electron chi connectivity index (χ0n) is 12.9. The Balaban J connectivity index is 2.19. The number of methoxy groups -OCH3 is 2. The molecule has 1 aromatic rings. The fourth-order valence-corrected chi connectivity index (χ4v) is 2.10. The Labute approximate surface area is 122 Å². The van der Waals surface area contributed by atoms with E-state index in [1.54, 1.807) is 14.2 Å². The average molecular weight is 275 g/mol. The van der Waals surface area contributed by atoms with Crippen molar-refractivity contribution in [2.45, 2.75) is 32.7 Å². The van der Waals surface area contributed by atoms with Gasteiger partial charge in [0.25, 0.3) is 0 Å². The molecule has 0 unspecified atom stereocenters. The van der Waals surface area contributed by atoms with Crippen LogP contribution in [0.25, 0.3) is 6.08 Å². The summed E-state index contributed by atoms with van der Waals surface area (Å²) in [5.41, 5.74) is 2.54. The molecule has 2 rings (SSSR count). The van der Waals surface area contributed by atoms with Crippen LogP contribution in [0.5, 0.6) is 11.5 Å². The van der Waals surface area contributed by atoms with E-state index in [0.717, 1.165) is 29.6 Å². The van der Waals surface area contributed by atoms with Crippen LogP contribution in [0, 0.1) is 5.92 Å². The molecule has 3 nitrogen and oxygen atoms in total. The summed E-state index contributed by atoms with van der Waals surface area (Å²) in [6, 6.07) is 6.72. The Morgan fingerprint density at radius 1 is 1.20 bits per heavy atom. The van der Waals surface area contributed by atoms with E-state index in [-0.39, 0.29) is 0 Å². The van der Waals surface area contributed by atoms with Crippen molar-refractivity contribution in [2.75, 3.05) is 20.8 Å². The molecule has 1 saturated carbocycles. The van der Waals surface area contributed by atoms with Gasteiger partial charge in [0, 0.05) is 18.7 Å². The monoisotopic (exact) mass is 275 g/mol. The Morgan fingerprint density at radius 2 is 1.80 bits per heavy atom. The smallest absolute Gasteiger partial charge is 0.123 e. The summed E-state index contributed by atoms with van der Waals surface area (Å²) in [6.07, 6.45) is 4.88. The highest BCUT2D eigenvalue weighted by molar-refractivity contribution is 5.58.